The van der Waals surface area contributed by atoms with Gasteiger partial charge >= 0.3 is 0 Å². The van der Waals surface area contributed by atoms with Crippen LogP contribution in [0.3, 0.4) is 0 Å². The molecule has 1 N–H and O–H groups in total. The van der Waals surface area contributed by atoms with E-state index in [1.165, 1.54) is 11.1 Å². The smallest absolute Gasteiger partial charge is 0.122 e. The number of aryl methyl sites for hydroxylation is 1. The quantitative estimate of drug-likeness (QED) is 0.689. The van der Waals surface area contributed by atoms with Crippen LogP contribution in [0.2, 0.25) is 0 Å². The van der Waals surface area contributed by atoms with Gasteiger partial charge in [0.15, 0.2) is 0 Å². The van der Waals surface area contributed by atoms with Crippen molar-refractivity contribution in [2.75, 3.05) is 47.5 Å². The molecule has 4 heteroatoms. The number of hydrogen-bond acceptors (Lipinski definition) is 4. The highest BCUT2D eigenvalue weighted by atomic mass is 16.5. The second kappa shape index (κ2) is 8.91. The third kappa shape index (κ3) is 6.05. The Kier molecular flexibility index (Phi) is 7.48. The molecular weight excluding hydrogens is 240 g/mol. The first kappa shape index (κ1) is 16.0. The zero-order valence-electron chi connectivity index (χ0n) is 12.5. The van der Waals surface area contributed by atoms with Gasteiger partial charge in [-0.25, -0.2) is 0 Å². The van der Waals surface area contributed by atoms with Gasteiger partial charge in [-0.1, -0.05) is 12.1 Å². The van der Waals surface area contributed by atoms with E-state index in [-0.39, 0.29) is 0 Å². The fourth-order valence-electron chi connectivity index (χ4n) is 1.92. The zero-order chi connectivity index (χ0) is 14.1. The van der Waals surface area contributed by atoms with Gasteiger partial charge in [-0.05, 0) is 31.2 Å². The lowest BCUT2D eigenvalue weighted by Crippen LogP contribution is -2.30. The number of methoxy groups -OCH3 is 2. The lowest BCUT2D eigenvalue weighted by molar-refractivity contribution is 0.197. The third-order valence-corrected chi connectivity index (χ3v) is 3.08. The highest BCUT2D eigenvalue weighted by Gasteiger charge is 2.03. The van der Waals surface area contributed by atoms with E-state index in [1.54, 1.807) is 14.2 Å². The molecule has 0 atom stereocenters. The van der Waals surface area contributed by atoms with Gasteiger partial charge < -0.3 is 19.7 Å². The molecule has 108 valence electrons. The molecule has 0 bridgehead atoms. The van der Waals surface area contributed by atoms with Gasteiger partial charge in [-0.3, -0.25) is 0 Å². The molecule has 0 fully saturated rings. The maximum Gasteiger partial charge on any atom is 0.122 e. The van der Waals surface area contributed by atoms with E-state index in [0.717, 1.165) is 38.5 Å². The molecule has 0 radical (unpaired) electrons. The highest BCUT2D eigenvalue weighted by molar-refractivity contribution is 5.36. The van der Waals surface area contributed by atoms with E-state index in [4.69, 9.17) is 9.47 Å². The van der Waals surface area contributed by atoms with Crippen molar-refractivity contribution in [1.29, 1.82) is 0 Å². The number of likely N-dealkylation sites (N-methyl/N-ethyl adjacent to an activating group) is 1. The lowest BCUT2D eigenvalue weighted by Gasteiger charge is -2.18. The first-order chi connectivity index (χ1) is 9.17. The van der Waals surface area contributed by atoms with E-state index < -0.39 is 0 Å². The van der Waals surface area contributed by atoms with Gasteiger partial charge in [-0.2, -0.15) is 0 Å². The molecule has 1 aromatic rings. The van der Waals surface area contributed by atoms with E-state index in [2.05, 4.69) is 42.4 Å². The van der Waals surface area contributed by atoms with Crippen LogP contribution in [0.5, 0.6) is 5.75 Å². The molecule has 1 aromatic carbocycles. The second-order valence-electron chi connectivity index (χ2n) is 4.78. The fraction of sp³-hybridized carbons (Fsp3) is 0.600. The molecule has 0 heterocycles. The lowest BCUT2D eigenvalue weighted by atomic mass is 10.1. The highest BCUT2D eigenvalue weighted by Crippen LogP contribution is 2.19. The summed E-state index contributed by atoms with van der Waals surface area (Å²) in [6.45, 7) is 6.65. The van der Waals surface area contributed by atoms with Crippen LogP contribution in [0, 0.1) is 6.92 Å². The second-order valence-corrected chi connectivity index (χ2v) is 4.78. The van der Waals surface area contributed by atoms with Crippen LogP contribution in [0.4, 0.5) is 0 Å². The maximum absolute atomic E-state index is 5.35. The molecule has 19 heavy (non-hydrogen) atoms. The van der Waals surface area contributed by atoms with Crippen molar-refractivity contribution in [2.24, 2.45) is 0 Å². The first-order valence-electron chi connectivity index (χ1n) is 6.69. The van der Waals surface area contributed by atoms with Gasteiger partial charge in [0.25, 0.3) is 0 Å². The SMILES string of the molecule is COCCNCCN(C)Cc1ccc(C)c(OC)c1. The molecular formula is C15H26N2O2. The standard InChI is InChI=1S/C15H26N2O2/c1-13-5-6-14(11-15(13)19-4)12-17(2)9-7-16-8-10-18-3/h5-6,11,16H,7-10,12H2,1-4H3. The Balaban J connectivity index is 2.33. The van der Waals surface area contributed by atoms with Crippen molar-refractivity contribution in [2.45, 2.75) is 13.5 Å². The van der Waals surface area contributed by atoms with Crippen molar-refractivity contribution in [3.8, 4) is 5.75 Å². The monoisotopic (exact) mass is 266 g/mol. The van der Waals surface area contributed by atoms with Gasteiger partial charge in [0.1, 0.15) is 5.75 Å². The Bertz CT molecular complexity index is 369. The topological polar surface area (TPSA) is 33.7 Å². The average Bonchev–Trinajstić information content (AvgIpc) is 2.40. The summed E-state index contributed by atoms with van der Waals surface area (Å²) in [5, 5.41) is 3.34. The molecule has 0 spiro atoms. The summed E-state index contributed by atoms with van der Waals surface area (Å²) in [5.41, 5.74) is 2.46. The van der Waals surface area contributed by atoms with Crippen molar-refractivity contribution in [3.05, 3.63) is 29.3 Å². The Morgan fingerprint density at radius 2 is 2.00 bits per heavy atom. The molecule has 0 aliphatic rings. The van der Waals surface area contributed by atoms with Gasteiger partial charge in [0.2, 0.25) is 0 Å². The molecule has 0 saturated carbocycles. The fourth-order valence-corrected chi connectivity index (χ4v) is 1.92. The molecule has 0 saturated heterocycles. The van der Waals surface area contributed by atoms with E-state index in [9.17, 15) is 0 Å². The molecule has 0 amide bonds. The minimum absolute atomic E-state index is 0.763. The van der Waals surface area contributed by atoms with Crippen LogP contribution in [0.1, 0.15) is 11.1 Å². The van der Waals surface area contributed by atoms with E-state index >= 15 is 0 Å². The van der Waals surface area contributed by atoms with Crippen molar-refractivity contribution in [3.63, 3.8) is 0 Å². The van der Waals surface area contributed by atoms with Crippen LogP contribution in [0.15, 0.2) is 18.2 Å². The van der Waals surface area contributed by atoms with Crippen LogP contribution in [-0.4, -0.2) is 52.4 Å². The average molecular weight is 266 g/mol. The van der Waals surface area contributed by atoms with Gasteiger partial charge in [0.05, 0.1) is 13.7 Å². The summed E-state index contributed by atoms with van der Waals surface area (Å²) in [7, 11) is 5.57. The Morgan fingerprint density at radius 1 is 1.21 bits per heavy atom. The molecule has 4 nitrogen and oxygen atoms in total. The molecule has 0 aliphatic carbocycles. The number of ether oxygens (including phenoxy) is 2. The minimum atomic E-state index is 0.763. The van der Waals surface area contributed by atoms with Crippen molar-refractivity contribution < 1.29 is 9.47 Å². The largest absolute Gasteiger partial charge is 0.496 e. The molecule has 0 aliphatic heterocycles. The third-order valence-electron chi connectivity index (χ3n) is 3.08. The van der Waals surface area contributed by atoms with E-state index in [0.29, 0.717) is 0 Å². The molecule has 0 aromatic heterocycles. The maximum atomic E-state index is 5.35. The van der Waals surface area contributed by atoms with Crippen molar-refractivity contribution in [1.82, 2.24) is 10.2 Å². The normalized spacial score (nSPS) is 11.0. The summed E-state index contributed by atoms with van der Waals surface area (Å²) in [5.74, 6) is 0.962. The summed E-state index contributed by atoms with van der Waals surface area (Å²) in [4.78, 5) is 2.30. The van der Waals surface area contributed by atoms with Crippen LogP contribution < -0.4 is 10.1 Å². The Labute approximate surface area is 116 Å². The van der Waals surface area contributed by atoms with E-state index in [1.807, 2.05) is 0 Å². The predicted molar refractivity (Wildman–Crippen MR) is 78.8 cm³/mol. The van der Waals surface area contributed by atoms with Crippen LogP contribution >= 0.6 is 0 Å². The molecule has 0 unspecified atom stereocenters. The van der Waals surface area contributed by atoms with Crippen LogP contribution in [0.25, 0.3) is 0 Å². The summed E-state index contributed by atoms with van der Waals surface area (Å²) in [6.07, 6.45) is 0. The Morgan fingerprint density at radius 3 is 2.68 bits per heavy atom. The summed E-state index contributed by atoms with van der Waals surface area (Å²) < 4.78 is 10.3. The minimum Gasteiger partial charge on any atom is -0.496 e. The first-order valence-corrected chi connectivity index (χ1v) is 6.69. The number of nitrogens with zero attached hydrogens (tertiary/aromatic N) is 1. The number of nitrogens with one attached hydrogen (secondary N) is 1. The van der Waals surface area contributed by atoms with Crippen LogP contribution in [-0.2, 0) is 11.3 Å². The van der Waals surface area contributed by atoms with Gasteiger partial charge in [0, 0.05) is 33.3 Å². The number of hydrogen-bond donors (Lipinski definition) is 1. The summed E-state index contributed by atoms with van der Waals surface area (Å²) in [6, 6.07) is 6.38. The Hall–Kier alpha value is -1.10. The molecule has 1 rings (SSSR count). The number of rotatable bonds is 9. The summed E-state index contributed by atoms with van der Waals surface area (Å²) >= 11 is 0. The van der Waals surface area contributed by atoms with Gasteiger partial charge in [-0.15, -0.1) is 0 Å². The predicted octanol–water partition coefficient (Wildman–Crippen LogP) is 1.67. The van der Waals surface area contributed by atoms with Crippen molar-refractivity contribution >= 4 is 0 Å². The zero-order valence-corrected chi connectivity index (χ0v) is 12.5. The number of benzene rings is 1.